The van der Waals surface area contributed by atoms with Crippen molar-refractivity contribution in [3.63, 3.8) is 0 Å². The molecule has 12 heteroatoms. The molecule has 0 radical (unpaired) electrons. The average Bonchev–Trinajstić information content (AvgIpc) is 3.00. The highest BCUT2D eigenvalue weighted by Crippen LogP contribution is 2.37. The highest BCUT2D eigenvalue weighted by Gasteiger charge is 2.38. The van der Waals surface area contributed by atoms with Crippen molar-refractivity contribution in [2.45, 2.75) is 19.0 Å². The smallest absolute Gasteiger partial charge is 0.416 e. The lowest BCUT2D eigenvalue weighted by molar-refractivity contribution is -0.385. The molecule has 30 heavy (non-hydrogen) atoms. The van der Waals surface area contributed by atoms with Crippen molar-refractivity contribution < 1.29 is 37.2 Å². The van der Waals surface area contributed by atoms with Gasteiger partial charge in [0.2, 0.25) is 11.8 Å². The standard InChI is InChI=1S/C18H10ClF3N2O6/c19-12-7-9(18(20,21)22)1-4-14(12)30-10-2-3-13(24(28)29)11(8-10)17(27)23-15(25)5-6-16(23)26/h1-4,7-8H,5-6H2. The van der Waals surface area contributed by atoms with Crippen LogP contribution < -0.4 is 4.74 Å². The van der Waals surface area contributed by atoms with Gasteiger partial charge in [-0.05, 0) is 24.3 Å². The number of nitrogens with zero attached hydrogens (tertiary/aromatic N) is 2. The Morgan fingerprint density at radius 2 is 1.73 bits per heavy atom. The molecule has 1 aliphatic heterocycles. The van der Waals surface area contributed by atoms with E-state index >= 15 is 0 Å². The number of alkyl halides is 3. The molecular weight excluding hydrogens is 433 g/mol. The van der Waals surface area contributed by atoms with Crippen LogP contribution in [0.3, 0.4) is 0 Å². The molecule has 2 aromatic carbocycles. The van der Waals surface area contributed by atoms with Crippen molar-refractivity contribution in [2.75, 3.05) is 0 Å². The van der Waals surface area contributed by atoms with Gasteiger partial charge in [-0.1, -0.05) is 11.6 Å². The number of ether oxygens (including phenoxy) is 1. The van der Waals surface area contributed by atoms with Crippen LogP contribution in [0.4, 0.5) is 18.9 Å². The van der Waals surface area contributed by atoms with Crippen LogP contribution in [0.15, 0.2) is 36.4 Å². The first-order valence-electron chi connectivity index (χ1n) is 8.22. The zero-order valence-corrected chi connectivity index (χ0v) is 15.5. The number of carbonyl (C=O) groups is 3. The fourth-order valence-corrected chi connectivity index (χ4v) is 2.94. The van der Waals surface area contributed by atoms with Crippen LogP contribution in [0.1, 0.15) is 28.8 Å². The lowest BCUT2D eigenvalue weighted by Gasteiger charge is -2.14. The van der Waals surface area contributed by atoms with Gasteiger partial charge in [-0.3, -0.25) is 24.5 Å². The van der Waals surface area contributed by atoms with Crippen LogP contribution in [-0.2, 0) is 15.8 Å². The average molecular weight is 443 g/mol. The third-order valence-electron chi connectivity index (χ3n) is 4.14. The van der Waals surface area contributed by atoms with Crippen molar-refractivity contribution in [3.8, 4) is 11.5 Å². The molecule has 0 atom stereocenters. The molecule has 156 valence electrons. The maximum atomic E-state index is 12.7. The number of carbonyl (C=O) groups excluding carboxylic acids is 3. The topological polar surface area (TPSA) is 107 Å². The normalized spacial score (nSPS) is 14.2. The Kier molecular flexibility index (Phi) is 5.49. The Morgan fingerprint density at radius 1 is 1.10 bits per heavy atom. The Morgan fingerprint density at radius 3 is 2.27 bits per heavy atom. The second-order valence-electron chi connectivity index (χ2n) is 6.11. The third-order valence-corrected chi connectivity index (χ3v) is 4.43. The summed E-state index contributed by atoms with van der Waals surface area (Å²) in [4.78, 5) is 46.9. The first-order valence-corrected chi connectivity index (χ1v) is 8.60. The summed E-state index contributed by atoms with van der Waals surface area (Å²) in [6.45, 7) is 0. The summed E-state index contributed by atoms with van der Waals surface area (Å²) in [5, 5.41) is 10.9. The second kappa shape index (κ2) is 7.75. The van der Waals surface area contributed by atoms with Gasteiger partial charge in [-0.2, -0.15) is 13.2 Å². The number of hydrogen-bond acceptors (Lipinski definition) is 6. The number of benzene rings is 2. The summed E-state index contributed by atoms with van der Waals surface area (Å²) in [6, 6.07) is 5.22. The minimum atomic E-state index is -4.62. The largest absolute Gasteiger partial charge is 0.456 e. The summed E-state index contributed by atoms with van der Waals surface area (Å²) in [6.07, 6.45) is -5.02. The quantitative estimate of drug-likeness (QED) is 0.396. The Bertz CT molecular complexity index is 1070. The molecule has 1 aliphatic rings. The minimum Gasteiger partial charge on any atom is -0.456 e. The van der Waals surface area contributed by atoms with Crippen LogP contribution in [-0.4, -0.2) is 27.5 Å². The summed E-state index contributed by atoms with van der Waals surface area (Å²) in [5.74, 6) is -3.17. The molecule has 1 fully saturated rings. The van der Waals surface area contributed by atoms with Crippen molar-refractivity contribution in [2.24, 2.45) is 0 Å². The molecule has 2 aromatic rings. The minimum absolute atomic E-state index is 0.176. The summed E-state index contributed by atoms with van der Waals surface area (Å²) in [7, 11) is 0. The van der Waals surface area contributed by atoms with E-state index in [4.69, 9.17) is 16.3 Å². The Balaban J connectivity index is 1.97. The second-order valence-corrected chi connectivity index (χ2v) is 6.52. The lowest BCUT2D eigenvalue weighted by atomic mass is 10.1. The molecule has 0 aliphatic carbocycles. The fraction of sp³-hybridized carbons (Fsp3) is 0.167. The van der Waals surface area contributed by atoms with E-state index in [0.717, 1.165) is 30.3 Å². The molecule has 0 aromatic heterocycles. The van der Waals surface area contributed by atoms with Gasteiger partial charge < -0.3 is 4.74 Å². The van der Waals surface area contributed by atoms with Gasteiger partial charge in [-0.25, -0.2) is 4.90 Å². The summed E-state index contributed by atoms with van der Waals surface area (Å²) < 4.78 is 43.6. The first kappa shape index (κ1) is 21.2. The zero-order valence-electron chi connectivity index (χ0n) is 14.7. The van der Waals surface area contributed by atoms with E-state index < -0.39 is 45.6 Å². The van der Waals surface area contributed by atoms with E-state index in [9.17, 15) is 37.7 Å². The number of hydrogen-bond donors (Lipinski definition) is 0. The Labute approximate surface area is 170 Å². The maximum absolute atomic E-state index is 12.7. The molecule has 1 saturated heterocycles. The lowest BCUT2D eigenvalue weighted by Crippen LogP contribution is -2.35. The maximum Gasteiger partial charge on any atom is 0.416 e. The number of imide groups is 3. The highest BCUT2D eigenvalue weighted by atomic mass is 35.5. The number of amides is 3. The molecule has 0 unspecified atom stereocenters. The van der Waals surface area contributed by atoms with E-state index in [-0.39, 0.29) is 29.4 Å². The van der Waals surface area contributed by atoms with E-state index in [1.54, 1.807) is 0 Å². The number of nitro benzene ring substituents is 1. The van der Waals surface area contributed by atoms with Crippen molar-refractivity contribution in [1.29, 1.82) is 0 Å². The van der Waals surface area contributed by atoms with Gasteiger partial charge in [0.05, 0.1) is 15.5 Å². The molecular formula is C18H10ClF3N2O6. The van der Waals surface area contributed by atoms with Crippen molar-refractivity contribution in [1.82, 2.24) is 4.90 Å². The predicted molar refractivity (Wildman–Crippen MR) is 95.0 cm³/mol. The fourth-order valence-electron chi connectivity index (χ4n) is 2.72. The van der Waals surface area contributed by atoms with Gasteiger partial charge in [0.15, 0.2) is 0 Å². The molecule has 0 bridgehead atoms. The summed E-state index contributed by atoms with van der Waals surface area (Å²) >= 11 is 5.81. The van der Waals surface area contributed by atoms with E-state index in [1.165, 1.54) is 0 Å². The van der Waals surface area contributed by atoms with Crippen molar-refractivity contribution >= 4 is 35.0 Å². The van der Waals surface area contributed by atoms with Crippen LogP contribution in [0.2, 0.25) is 5.02 Å². The summed E-state index contributed by atoms with van der Waals surface area (Å²) in [5.41, 5.74) is -2.28. The van der Waals surface area contributed by atoms with Gasteiger partial charge in [0.25, 0.3) is 11.6 Å². The number of likely N-dealkylation sites (tertiary alicyclic amines) is 1. The van der Waals surface area contributed by atoms with Gasteiger partial charge in [-0.15, -0.1) is 0 Å². The van der Waals surface area contributed by atoms with E-state index in [1.807, 2.05) is 0 Å². The number of nitro groups is 1. The van der Waals surface area contributed by atoms with Gasteiger partial charge in [0, 0.05) is 25.0 Å². The molecule has 8 nitrogen and oxygen atoms in total. The van der Waals surface area contributed by atoms with Crippen LogP contribution in [0.25, 0.3) is 0 Å². The SMILES string of the molecule is O=C1CCC(=O)N1C(=O)c1cc(Oc2ccc(C(F)(F)F)cc2Cl)ccc1[N+](=O)[O-]. The molecule has 3 amide bonds. The van der Waals surface area contributed by atoms with E-state index in [2.05, 4.69) is 0 Å². The number of rotatable bonds is 4. The third kappa shape index (κ3) is 4.10. The van der Waals surface area contributed by atoms with Crippen LogP contribution >= 0.6 is 11.6 Å². The van der Waals surface area contributed by atoms with Crippen LogP contribution in [0.5, 0.6) is 11.5 Å². The monoisotopic (exact) mass is 442 g/mol. The first-order chi connectivity index (χ1) is 14.0. The predicted octanol–water partition coefficient (Wildman–Crippen LogP) is 4.35. The molecule has 0 N–H and O–H groups in total. The molecule has 3 rings (SSSR count). The zero-order chi connectivity index (χ0) is 22.2. The Hall–Kier alpha value is -3.47. The van der Waals surface area contributed by atoms with Crippen molar-refractivity contribution in [3.05, 3.63) is 62.7 Å². The van der Waals surface area contributed by atoms with Crippen LogP contribution in [0, 0.1) is 10.1 Å². The molecule has 0 spiro atoms. The molecule has 0 saturated carbocycles. The number of halogens is 4. The molecule has 1 heterocycles. The van der Waals surface area contributed by atoms with E-state index in [0.29, 0.717) is 11.0 Å². The highest BCUT2D eigenvalue weighted by molar-refractivity contribution is 6.32. The van der Waals surface area contributed by atoms with Gasteiger partial charge >= 0.3 is 6.18 Å². The van der Waals surface area contributed by atoms with Gasteiger partial charge in [0.1, 0.15) is 17.1 Å².